The first kappa shape index (κ1) is 13.4. The Morgan fingerprint density at radius 3 is 2.56 bits per heavy atom. The van der Waals surface area contributed by atoms with Gasteiger partial charge in [0, 0.05) is 26.2 Å². The molecule has 1 rings (SSSR count). The van der Waals surface area contributed by atoms with Crippen LogP contribution in [0.2, 0.25) is 0 Å². The molecule has 0 bridgehead atoms. The normalized spacial score (nSPS) is 22.6. The van der Waals surface area contributed by atoms with Crippen molar-refractivity contribution in [3.05, 3.63) is 0 Å². The molecule has 92 valence electrons. The number of nitriles is 1. The minimum atomic E-state index is -0.432. The molecule has 1 N–H and O–H groups in total. The van der Waals surface area contributed by atoms with E-state index < -0.39 is 5.54 Å². The van der Waals surface area contributed by atoms with Gasteiger partial charge in [-0.25, -0.2) is 0 Å². The van der Waals surface area contributed by atoms with Crippen LogP contribution in [0.5, 0.6) is 0 Å². The molecule has 1 aliphatic heterocycles. The Morgan fingerprint density at radius 2 is 2.12 bits per heavy atom. The third kappa shape index (κ3) is 3.75. The Hall–Kier alpha value is -0.630. The molecule has 4 nitrogen and oxygen atoms in total. The van der Waals surface area contributed by atoms with E-state index in [-0.39, 0.29) is 0 Å². The first-order valence-electron chi connectivity index (χ1n) is 6.07. The summed E-state index contributed by atoms with van der Waals surface area (Å²) in [5, 5.41) is 12.2. The first-order valence-corrected chi connectivity index (χ1v) is 6.07. The third-order valence-electron chi connectivity index (χ3n) is 3.28. The second-order valence-electron chi connectivity index (χ2n) is 4.62. The van der Waals surface area contributed by atoms with Crippen molar-refractivity contribution in [1.82, 2.24) is 10.2 Å². The molecule has 0 spiro atoms. The fourth-order valence-electron chi connectivity index (χ4n) is 2.09. The summed E-state index contributed by atoms with van der Waals surface area (Å²) in [6.07, 6.45) is 2.59. The van der Waals surface area contributed by atoms with E-state index in [9.17, 15) is 0 Å². The van der Waals surface area contributed by atoms with Crippen LogP contribution >= 0.6 is 0 Å². The Labute approximate surface area is 98.6 Å². The van der Waals surface area contributed by atoms with Gasteiger partial charge in [-0.05, 0) is 33.7 Å². The van der Waals surface area contributed by atoms with Gasteiger partial charge in [0.05, 0.1) is 12.2 Å². The van der Waals surface area contributed by atoms with E-state index in [1.165, 1.54) is 0 Å². The molecule has 1 unspecified atom stereocenters. The van der Waals surface area contributed by atoms with Crippen molar-refractivity contribution in [2.75, 3.05) is 33.3 Å². The topological polar surface area (TPSA) is 48.3 Å². The lowest BCUT2D eigenvalue weighted by Crippen LogP contribution is -2.51. The number of rotatable bonds is 5. The van der Waals surface area contributed by atoms with Crippen LogP contribution in [0.4, 0.5) is 0 Å². The number of nitrogens with one attached hydrogen (secondary N) is 1. The fourth-order valence-corrected chi connectivity index (χ4v) is 2.09. The molecule has 0 amide bonds. The van der Waals surface area contributed by atoms with Gasteiger partial charge in [-0.15, -0.1) is 0 Å². The summed E-state index contributed by atoms with van der Waals surface area (Å²) in [7, 11) is 1.84. The molecule has 0 radical (unpaired) electrons. The lowest BCUT2D eigenvalue weighted by molar-refractivity contribution is 0.0110. The van der Waals surface area contributed by atoms with Crippen LogP contribution in [0.1, 0.15) is 26.7 Å². The van der Waals surface area contributed by atoms with Crippen LogP contribution in [0, 0.1) is 11.3 Å². The van der Waals surface area contributed by atoms with Gasteiger partial charge in [0.15, 0.2) is 0 Å². The van der Waals surface area contributed by atoms with Gasteiger partial charge in [0.1, 0.15) is 5.54 Å². The van der Waals surface area contributed by atoms with E-state index in [0.29, 0.717) is 6.10 Å². The Morgan fingerprint density at radius 1 is 1.50 bits per heavy atom. The van der Waals surface area contributed by atoms with Gasteiger partial charge in [-0.1, -0.05) is 0 Å². The second-order valence-corrected chi connectivity index (χ2v) is 4.62. The molecule has 4 heteroatoms. The van der Waals surface area contributed by atoms with Crippen molar-refractivity contribution >= 4 is 0 Å². The summed E-state index contributed by atoms with van der Waals surface area (Å²) in [5.74, 6) is 0. The van der Waals surface area contributed by atoms with Crippen LogP contribution in [0.15, 0.2) is 0 Å². The van der Waals surface area contributed by atoms with Crippen LogP contribution < -0.4 is 5.32 Å². The number of piperidine rings is 1. The molecule has 1 atom stereocenters. The smallest absolute Gasteiger partial charge is 0.116 e. The SMILES string of the molecule is CCOC1CCN(CC(C)(C#N)NC)CC1. The highest BCUT2D eigenvalue weighted by Gasteiger charge is 2.27. The third-order valence-corrected chi connectivity index (χ3v) is 3.28. The maximum absolute atomic E-state index is 9.09. The highest BCUT2D eigenvalue weighted by Crippen LogP contribution is 2.16. The predicted octanol–water partition coefficient (Wildman–Crippen LogP) is 0.989. The largest absolute Gasteiger partial charge is 0.378 e. The molecule has 0 aromatic rings. The van der Waals surface area contributed by atoms with Gasteiger partial charge in [0.25, 0.3) is 0 Å². The lowest BCUT2D eigenvalue weighted by Gasteiger charge is -2.35. The van der Waals surface area contributed by atoms with Crippen LogP contribution in [-0.4, -0.2) is 49.8 Å². The quantitative estimate of drug-likeness (QED) is 0.758. The Bertz CT molecular complexity index is 243. The number of hydrogen-bond acceptors (Lipinski definition) is 4. The van der Waals surface area contributed by atoms with Gasteiger partial charge < -0.3 is 15.0 Å². The molecular formula is C12H23N3O. The standard InChI is InChI=1S/C12H23N3O/c1-4-16-11-5-7-15(8-6-11)10-12(2,9-13)14-3/h11,14H,4-8,10H2,1-3H3. The highest BCUT2D eigenvalue weighted by molar-refractivity contribution is 5.05. The van der Waals surface area contributed by atoms with E-state index in [4.69, 9.17) is 10.00 Å². The van der Waals surface area contributed by atoms with Crippen LogP contribution in [-0.2, 0) is 4.74 Å². The van der Waals surface area contributed by atoms with Crippen molar-refractivity contribution in [2.45, 2.75) is 38.3 Å². The molecule has 1 aliphatic rings. The molecule has 0 aliphatic carbocycles. The fraction of sp³-hybridized carbons (Fsp3) is 0.917. The van der Waals surface area contributed by atoms with Gasteiger partial charge in [-0.3, -0.25) is 0 Å². The summed E-state index contributed by atoms with van der Waals surface area (Å²) in [6, 6.07) is 2.33. The predicted molar refractivity (Wildman–Crippen MR) is 64.2 cm³/mol. The van der Waals surface area contributed by atoms with Crippen molar-refractivity contribution < 1.29 is 4.74 Å². The van der Waals surface area contributed by atoms with Gasteiger partial charge in [-0.2, -0.15) is 5.26 Å². The van der Waals surface area contributed by atoms with Crippen molar-refractivity contribution in [2.24, 2.45) is 0 Å². The molecule has 1 fully saturated rings. The van der Waals surface area contributed by atoms with Crippen molar-refractivity contribution in [3.8, 4) is 6.07 Å². The van der Waals surface area contributed by atoms with Gasteiger partial charge >= 0.3 is 0 Å². The molecular weight excluding hydrogens is 202 g/mol. The maximum atomic E-state index is 9.09. The summed E-state index contributed by atoms with van der Waals surface area (Å²) in [4.78, 5) is 2.34. The van der Waals surface area contributed by atoms with E-state index in [1.807, 2.05) is 20.9 Å². The Balaban J connectivity index is 2.35. The van der Waals surface area contributed by atoms with Crippen LogP contribution in [0.3, 0.4) is 0 Å². The average molecular weight is 225 g/mol. The molecule has 0 aromatic heterocycles. The number of hydrogen-bond donors (Lipinski definition) is 1. The van der Waals surface area contributed by atoms with E-state index in [0.717, 1.165) is 39.1 Å². The van der Waals surface area contributed by atoms with Gasteiger partial charge in [0.2, 0.25) is 0 Å². The zero-order valence-corrected chi connectivity index (χ0v) is 10.6. The molecule has 0 aromatic carbocycles. The summed E-state index contributed by atoms with van der Waals surface area (Å²) >= 11 is 0. The molecule has 0 saturated carbocycles. The first-order chi connectivity index (χ1) is 7.63. The summed E-state index contributed by atoms with van der Waals surface area (Å²) < 4.78 is 5.61. The Kier molecular flexibility index (Phi) is 5.20. The summed E-state index contributed by atoms with van der Waals surface area (Å²) in [6.45, 7) is 7.64. The van der Waals surface area contributed by atoms with E-state index in [2.05, 4.69) is 16.3 Å². The maximum Gasteiger partial charge on any atom is 0.116 e. The number of likely N-dealkylation sites (N-methyl/N-ethyl adjacent to an activating group) is 1. The molecule has 1 saturated heterocycles. The molecule has 1 heterocycles. The number of likely N-dealkylation sites (tertiary alicyclic amines) is 1. The lowest BCUT2D eigenvalue weighted by atomic mass is 10.0. The van der Waals surface area contributed by atoms with Crippen molar-refractivity contribution in [3.63, 3.8) is 0 Å². The zero-order chi connectivity index (χ0) is 12.0. The zero-order valence-electron chi connectivity index (χ0n) is 10.6. The number of nitrogens with zero attached hydrogens (tertiary/aromatic N) is 2. The van der Waals surface area contributed by atoms with E-state index >= 15 is 0 Å². The second kappa shape index (κ2) is 6.19. The monoisotopic (exact) mass is 225 g/mol. The van der Waals surface area contributed by atoms with Crippen molar-refractivity contribution in [1.29, 1.82) is 5.26 Å². The van der Waals surface area contributed by atoms with E-state index in [1.54, 1.807) is 0 Å². The minimum absolute atomic E-state index is 0.421. The number of ether oxygens (including phenoxy) is 1. The minimum Gasteiger partial charge on any atom is -0.378 e. The average Bonchev–Trinajstić information content (AvgIpc) is 2.32. The van der Waals surface area contributed by atoms with Crippen LogP contribution in [0.25, 0.3) is 0 Å². The molecule has 16 heavy (non-hydrogen) atoms. The summed E-state index contributed by atoms with van der Waals surface area (Å²) in [5.41, 5.74) is -0.432. The highest BCUT2D eigenvalue weighted by atomic mass is 16.5.